The van der Waals surface area contributed by atoms with Gasteiger partial charge in [0.1, 0.15) is 17.2 Å². The fourth-order valence-electron chi connectivity index (χ4n) is 2.03. The average Bonchev–Trinajstić information content (AvgIpc) is 2.77. The molecule has 0 unspecified atom stereocenters. The zero-order valence-electron chi connectivity index (χ0n) is 10.8. The lowest BCUT2D eigenvalue weighted by atomic mass is 10.1. The van der Waals surface area contributed by atoms with Crippen molar-refractivity contribution in [3.8, 4) is 11.5 Å². The number of hydrogen-bond donors (Lipinski definition) is 2. The molecule has 0 fully saturated rings. The van der Waals surface area contributed by atoms with Crippen molar-refractivity contribution in [1.29, 1.82) is 0 Å². The molecule has 0 atom stereocenters. The molecule has 0 aliphatic carbocycles. The SMILES string of the molecule is COc1ccc2c(c1)C(=Nc1ccc(O)cc1)C(=O)N2. The molecule has 0 radical (unpaired) electrons. The molecule has 20 heavy (non-hydrogen) atoms. The van der Waals surface area contributed by atoms with E-state index in [1.54, 1.807) is 37.4 Å². The Morgan fingerprint density at radius 3 is 2.60 bits per heavy atom. The van der Waals surface area contributed by atoms with E-state index in [0.29, 0.717) is 28.4 Å². The van der Waals surface area contributed by atoms with Crippen LogP contribution in [0.25, 0.3) is 0 Å². The molecule has 0 aromatic heterocycles. The second-order valence-corrected chi connectivity index (χ2v) is 4.34. The van der Waals surface area contributed by atoms with Crippen LogP contribution in [0.3, 0.4) is 0 Å². The van der Waals surface area contributed by atoms with Gasteiger partial charge in [-0.1, -0.05) is 0 Å². The number of ether oxygens (including phenoxy) is 1. The number of aromatic hydroxyl groups is 1. The maximum absolute atomic E-state index is 12.0. The number of phenols is 1. The number of amides is 1. The van der Waals surface area contributed by atoms with E-state index in [1.807, 2.05) is 0 Å². The number of benzene rings is 2. The minimum Gasteiger partial charge on any atom is -0.508 e. The molecule has 5 heteroatoms. The number of hydrogen-bond acceptors (Lipinski definition) is 4. The first kappa shape index (κ1) is 12.2. The molecule has 100 valence electrons. The van der Waals surface area contributed by atoms with Crippen molar-refractivity contribution in [2.45, 2.75) is 0 Å². The van der Waals surface area contributed by atoms with Crippen LogP contribution in [0.15, 0.2) is 47.5 Å². The van der Waals surface area contributed by atoms with Gasteiger partial charge in [0.15, 0.2) is 0 Å². The van der Waals surface area contributed by atoms with Gasteiger partial charge in [0.25, 0.3) is 5.91 Å². The van der Waals surface area contributed by atoms with Crippen molar-refractivity contribution in [1.82, 2.24) is 0 Å². The Labute approximate surface area is 115 Å². The predicted molar refractivity (Wildman–Crippen MR) is 75.9 cm³/mol. The number of anilines is 1. The maximum atomic E-state index is 12.0. The lowest BCUT2D eigenvalue weighted by Crippen LogP contribution is -2.13. The molecule has 0 spiro atoms. The summed E-state index contributed by atoms with van der Waals surface area (Å²) in [6.07, 6.45) is 0. The summed E-state index contributed by atoms with van der Waals surface area (Å²) < 4.78 is 5.16. The Hall–Kier alpha value is -2.82. The van der Waals surface area contributed by atoms with Crippen molar-refractivity contribution in [3.05, 3.63) is 48.0 Å². The standard InChI is InChI=1S/C15H12N2O3/c1-20-11-6-7-13-12(8-11)14(15(19)17-13)16-9-2-4-10(18)5-3-9/h2-8,18H,1H3,(H,16,17,19). The predicted octanol–water partition coefficient (Wildman–Crippen LogP) is 2.47. The minimum absolute atomic E-state index is 0.159. The van der Waals surface area contributed by atoms with Crippen LogP contribution in [-0.4, -0.2) is 23.8 Å². The van der Waals surface area contributed by atoms with E-state index in [4.69, 9.17) is 4.74 Å². The van der Waals surface area contributed by atoms with Crippen LogP contribution in [0.2, 0.25) is 0 Å². The highest BCUT2D eigenvalue weighted by Crippen LogP contribution is 2.29. The van der Waals surface area contributed by atoms with E-state index in [1.165, 1.54) is 12.1 Å². The first-order chi connectivity index (χ1) is 9.67. The Kier molecular flexibility index (Phi) is 2.87. The number of fused-ring (bicyclic) bond motifs is 1. The third-order valence-electron chi connectivity index (χ3n) is 3.04. The van der Waals surface area contributed by atoms with E-state index in [9.17, 15) is 9.90 Å². The normalized spacial score (nSPS) is 15.1. The van der Waals surface area contributed by atoms with Crippen LogP contribution < -0.4 is 10.1 Å². The molecule has 2 aromatic rings. The van der Waals surface area contributed by atoms with Crippen LogP contribution in [0.4, 0.5) is 11.4 Å². The molecule has 1 aliphatic heterocycles. The number of nitrogens with one attached hydrogen (secondary N) is 1. The van der Waals surface area contributed by atoms with Gasteiger partial charge in [-0.2, -0.15) is 0 Å². The largest absolute Gasteiger partial charge is 0.508 e. The average molecular weight is 268 g/mol. The Balaban J connectivity index is 2.06. The Bertz CT molecular complexity index is 706. The molecule has 1 aliphatic rings. The van der Waals surface area contributed by atoms with E-state index in [0.717, 1.165) is 0 Å². The summed E-state index contributed by atoms with van der Waals surface area (Å²) in [5.74, 6) is 0.576. The summed E-state index contributed by atoms with van der Waals surface area (Å²) >= 11 is 0. The van der Waals surface area contributed by atoms with Crippen molar-refractivity contribution in [2.75, 3.05) is 12.4 Å². The zero-order chi connectivity index (χ0) is 14.1. The molecule has 0 saturated carbocycles. The Morgan fingerprint density at radius 2 is 1.90 bits per heavy atom. The molecule has 0 bridgehead atoms. The third kappa shape index (κ3) is 2.09. The van der Waals surface area contributed by atoms with Crippen LogP contribution in [0.5, 0.6) is 11.5 Å². The van der Waals surface area contributed by atoms with Crippen LogP contribution in [-0.2, 0) is 4.79 Å². The fourth-order valence-corrected chi connectivity index (χ4v) is 2.03. The van der Waals surface area contributed by atoms with Gasteiger partial charge in [-0.15, -0.1) is 0 Å². The monoisotopic (exact) mass is 268 g/mol. The number of nitrogens with zero attached hydrogens (tertiary/aromatic N) is 1. The van der Waals surface area contributed by atoms with Gasteiger partial charge >= 0.3 is 0 Å². The molecule has 1 amide bonds. The molecule has 5 nitrogen and oxygen atoms in total. The third-order valence-corrected chi connectivity index (χ3v) is 3.04. The molecule has 1 heterocycles. The van der Waals surface area contributed by atoms with E-state index in [2.05, 4.69) is 10.3 Å². The summed E-state index contributed by atoms with van der Waals surface area (Å²) in [6, 6.07) is 11.7. The first-order valence-electron chi connectivity index (χ1n) is 6.05. The molecule has 2 aromatic carbocycles. The Morgan fingerprint density at radius 1 is 1.15 bits per heavy atom. The molecule has 3 rings (SSSR count). The van der Waals surface area contributed by atoms with Crippen molar-refractivity contribution < 1.29 is 14.6 Å². The second kappa shape index (κ2) is 4.70. The van der Waals surface area contributed by atoms with Gasteiger partial charge < -0.3 is 15.2 Å². The van der Waals surface area contributed by atoms with Gasteiger partial charge in [0, 0.05) is 5.56 Å². The highest BCUT2D eigenvalue weighted by Gasteiger charge is 2.26. The highest BCUT2D eigenvalue weighted by molar-refractivity contribution is 6.54. The van der Waals surface area contributed by atoms with Gasteiger partial charge in [0.05, 0.1) is 18.5 Å². The number of carbonyl (C=O) groups excluding carboxylic acids is 1. The number of rotatable bonds is 2. The van der Waals surface area contributed by atoms with Crippen molar-refractivity contribution in [3.63, 3.8) is 0 Å². The summed E-state index contributed by atoms with van der Waals surface area (Å²) in [7, 11) is 1.57. The summed E-state index contributed by atoms with van der Waals surface area (Å²) in [6.45, 7) is 0. The number of phenolic OH excluding ortho intramolecular Hbond substituents is 1. The highest BCUT2D eigenvalue weighted by atomic mass is 16.5. The number of aliphatic imine (C=N–C) groups is 1. The van der Waals surface area contributed by atoms with Crippen LogP contribution in [0.1, 0.15) is 5.56 Å². The number of carbonyl (C=O) groups is 1. The lowest BCUT2D eigenvalue weighted by molar-refractivity contribution is -0.110. The van der Waals surface area contributed by atoms with Crippen molar-refractivity contribution in [2.24, 2.45) is 4.99 Å². The smallest absolute Gasteiger partial charge is 0.275 e. The summed E-state index contributed by atoms with van der Waals surface area (Å²) in [4.78, 5) is 16.3. The fraction of sp³-hybridized carbons (Fsp3) is 0.0667. The van der Waals surface area contributed by atoms with Crippen LogP contribution in [0, 0.1) is 0 Å². The minimum atomic E-state index is -0.249. The first-order valence-corrected chi connectivity index (χ1v) is 6.05. The van der Waals surface area contributed by atoms with Crippen molar-refractivity contribution >= 4 is 23.0 Å². The molecule has 0 saturated heterocycles. The van der Waals surface area contributed by atoms with E-state index < -0.39 is 0 Å². The second-order valence-electron chi connectivity index (χ2n) is 4.34. The van der Waals surface area contributed by atoms with Gasteiger partial charge in [-0.3, -0.25) is 4.79 Å². The van der Waals surface area contributed by atoms with E-state index >= 15 is 0 Å². The molecular formula is C15H12N2O3. The quantitative estimate of drug-likeness (QED) is 0.879. The van der Waals surface area contributed by atoms with Gasteiger partial charge in [-0.05, 0) is 42.5 Å². The van der Waals surface area contributed by atoms with Gasteiger partial charge in [0.2, 0.25) is 0 Å². The number of methoxy groups -OCH3 is 1. The topological polar surface area (TPSA) is 70.9 Å². The summed E-state index contributed by atoms with van der Waals surface area (Å²) in [5.41, 5.74) is 2.36. The van der Waals surface area contributed by atoms with Gasteiger partial charge in [-0.25, -0.2) is 4.99 Å². The summed E-state index contributed by atoms with van der Waals surface area (Å²) in [5, 5.41) is 12.0. The van der Waals surface area contributed by atoms with E-state index in [-0.39, 0.29) is 11.7 Å². The molecule has 2 N–H and O–H groups in total. The lowest BCUT2D eigenvalue weighted by Gasteiger charge is -2.02. The maximum Gasteiger partial charge on any atom is 0.275 e. The van der Waals surface area contributed by atoms with Crippen LogP contribution >= 0.6 is 0 Å². The zero-order valence-corrected chi connectivity index (χ0v) is 10.8. The molecular weight excluding hydrogens is 256 g/mol.